The Morgan fingerprint density at radius 2 is 1.66 bits per heavy atom. The molecule has 1 aliphatic heterocycles. The number of carbonyl (C=O) groups excluding carboxylic acids is 1. The highest BCUT2D eigenvalue weighted by Crippen LogP contribution is 2.37. The van der Waals surface area contributed by atoms with Crippen LogP contribution in [0.1, 0.15) is 36.5 Å². The fraction of sp³-hybridized carbons (Fsp3) is 0.382. The monoisotopic (exact) mass is 626 g/mol. The third-order valence-electron chi connectivity index (χ3n) is 8.12. The number of fused-ring (bicyclic) bond motifs is 1. The number of aryl methyl sites for hydroxylation is 2. The summed E-state index contributed by atoms with van der Waals surface area (Å²) in [6.07, 6.45) is -1.42. The average molecular weight is 627 g/mol. The largest absolute Gasteiger partial charge is 0.573 e. The average Bonchev–Trinajstić information content (AvgIpc) is 3.34. The lowest BCUT2D eigenvalue weighted by atomic mass is 9.95. The summed E-state index contributed by atoms with van der Waals surface area (Å²) in [7, 11) is 0. The van der Waals surface area contributed by atoms with Crippen molar-refractivity contribution >= 4 is 28.3 Å². The molecule has 10 heteroatoms. The van der Waals surface area contributed by atoms with Gasteiger partial charge in [0.1, 0.15) is 11.5 Å². The molecule has 2 N–H and O–H groups in total. The second-order valence-corrected chi connectivity index (χ2v) is 11.8. The van der Waals surface area contributed by atoms with E-state index in [4.69, 9.17) is 17.3 Å². The van der Waals surface area contributed by atoms with Gasteiger partial charge in [0.15, 0.2) is 0 Å². The number of nitrogens with two attached hydrogens (primary N) is 1. The third-order valence-corrected chi connectivity index (χ3v) is 8.49. The number of piperazine rings is 1. The molecule has 0 bridgehead atoms. The molecule has 0 radical (unpaired) electrons. The Balaban J connectivity index is 1.41. The number of carbonyl (C=O) groups is 1. The normalized spacial score (nSPS) is 14.8. The van der Waals surface area contributed by atoms with Crippen LogP contribution in [0.3, 0.4) is 0 Å². The lowest BCUT2D eigenvalue weighted by Crippen LogP contribution is -2.45. The van der Waals surface area contributed by atoms with E-state index < -0.39 is 6.36 Å². The van der Waals surface area contributed by atoms with E-state index >= 15 is 0 Å². The quantitative estimate of drug-likeness (QED) is 0.183. The van der Waals surface area contributed by atoms with Crippen LogP contribution in [-0.2, 0) is 30.8 Å². The molecule has 4 aromatic rings. The molecule has 0 unspecified atom stereocenters. The van der Waals surface area contributed by atoms with Crippen molar-refractivity contribution in [2.45, 2.75) is 52.2 Å². The maximum absolute atomic E-state index is 13.0. The first-order valence-corrected chi connectivity index (χ1v) is 15.4. The predicted molar refractivity (Wildman–Crippen MR) is 169 cm³/mol. The summed E-state index contributed by atoms with van der Waals surface area (Å²) in [5, 5.41) is 1.81. The molecule has 44 heavy (non-hydrogen) atoms. The summed E-state index contributed by atoms with van der Waals surface area (Å²) in [5.41, 5.74) is 11.5. The number of aromatic nitrogens is 1. The van der Waals surface area contributed by atoms with Gasteiger partial charge in [0, 0.05) is 79.9 Å². The fourth-order valence-electron chi connectivity index (χ4n) is 5.88. The number of ketones is 1. The first-order chi connectivity index (χ1) is 21.1. The topological polar surface area (TPSA) is 63.7 Å². The number of hydrogen-bond acceptors (Lipinski definition) is 5. The Labute approximate surface area is 261 Å². The molecule has 5 rings (SSSR count). The zero-order valence-electron chi connectivity index (χ0n) is 24.9. The van der Waals surface area contributed by atoms with E-state index in [1.165, 1.54) is 19.1 Å². The molecule has 6 nitrogen and oxygen atoms in total. The Kier molecular flexibility index (Phi) is 10.3. The molecule has 1 aliphatic rings. The third kappa shape index (κ3) is 8.21. The molecular weight excluding hydrogens is 589 g/mol. The van der Waals surface area contributed by atoms with Crippen LogP contribution in [0.2, 0.25) is 5.02 Å². The SMILES string of the molecule is CC(=O)CCc1cc(OC(F)(F)F)ccc1-c1cn(CCCN)c2ccc(CN3CCN(Cc4ccccc4Cl)CC3)cc12. The zero-order chi connectivity index (χ0) is 31.3. The predicted octanol–water partition coefficient (Wildman–Crippen LogP) is 7.05. The smallest absolute Gasteiger partial charge is 0.406 e. The summed E-state index contributed by atoms with van der Waals surface area (Å²) in [4.78, 5) is 16.7. The van der Waals surface area contributed by atoms with Crippen molar-refractivity contribution < 1.29 is 22.7 Å². The molecule has 234 valence electrons. The lowest BCUT2D eigenvalue weighted by molar-refractivity contribution is -0.274. The van der Waals surface area contributed by atoms with E-state index in [1.807, 2.05) is 18.2 Å². The van der Waals surface area contributed by atoms with Gasteiger partial charge < -0.3 is 19.8 Å². The maximum atomic E-state index is 13.0. The van der Waals surface area contributed by atoms with Crippen LogP contribution in [0.5, 0.6) is 5.75 Å². The Morgan fingerprint density at radius 3 is 2.34 bits per heavy atom. The minimum atomic E-state index is -4.80. The molecule has 1 saturated heterocycles. The molecule has 0 aliphatic carbocycles. The molecule has 1 fully saturated rings. The molecule has 1 aromatic heterocycles. The van der Waals surface area contributed by atoms with Gasteiger partial charge in [-0.3, -0.25) is 9.80 Å². The molecule has 0 atom stereocenters. The second kappa shape index (κ2) is 14.2. The molecule has 0 spiro atoms. The highest BCUT2D eigenvalue weighted by molar-refractivity contribution is 6.31. The van der Waals surface area contributed by atoms with Gasteiger partial charge in [-0.25, -0.2) is 0 Å². The Morgan fingerprint density at radius 1 is 0.932 bits per heavy atom. The van der Waals surface area contributed by atoms with Crippen LogP contribution < -0.4 is 10.5 Å². The molecule has 3 aromatic carbocycles. The summed E-state index contributed by atoms with van der Waals surface area (Å²) in [5.74, 6) is -0.321. The minimum absolute atomic E-state index is 0.0299. The molecule has 0 saturated carbocycles. The summed E-state index contributed by atoms with van der Waals surface area (Å²) in [6, 6.07) is 18.8. The molecular formula is C34H38ClF3N4O2. The number of alkyl halides is 3. The van der Waals surface area contributed by atoms with Gasteiger partial charge in [-0.05, 0) is 78.9 Å². The standard InChI is InChI=1S/C34H38ClF3N4O2/c1-24(43)7-9-26-20-28(44-34(36,37)38)10-11-29(26)31-23-42(14-4-13-39)33-12-8-25(19-30(31)33)21-40-15-17-41(18-16-40)22-27-5-2-3-6-32(27)35/h2-3,5-6,8,10-12,19-20,23H,4,7,9,13-18,21-22,39H2,1H3. The fourth-order valence-corrected chi connectivity index (χ4v) is 6.08. The van der Waals surface area contributed by atoms with Crippen molar-refractivity contribution in [3.63, 3.8) is 0 Å². The number of halogens is 4. The molecule has 0 amide bonds. The maximum Gasteiger partial charge on any atom is 0.573 e. The van der Waals surface area contributed by atoms with Crippen molar-refractivity contribution in [1.82, 2.24) is 14.4 Å². The van der Waals surface area contributed by atoms with E-state index in [9.17, 15) is 18.0 Å². The van der Waals surface area contributed by atoms with Crippen LogP contribution in [0.15, 0.2) is 66.9 Å². The van der Waals surface area contributed by atoms with Gasteiger partial charge in [0.25, 0.3) is 0 Å². The number of ether oxygens (including phenoxy) is 1. The van der Waals surface area contributed by atoms with Crippen molar-refractivity contribution in [2.75, 3.05) is 32.7 Å². The molecule has 2 heterocycles. The van der Waals surface area contributed by atoms with Crippen LogP contribution in [0.4, 0.5) is 13.2 Å². The summed E-state index contributed by atoms with van der Waals surface area (Å²) < 4.78 is 45.4. The number of benzene rings is 3. The van der Waals surface area contributed by atoms with Gasteiger partial charge in [-0.15, -0.1) is 13.2 Å². The minimum Gasteiger partial charge on any atom is -0.406 e. The zero-order valence-corrected chi connectivity index (χ0v) is 25.6. The van der Waals surface area contributed by atoms with Crippen molar-refractivity contribution in [2.24, 2.45) is 5.73 Å². The number of Topliss-reactive ketones (excluding diaryl/α,β-unsaturated/α-hetero) is 1. The number of nitrogens with zero attached hydrogens (tertiary/aromatic N) is 3. The van der Waals surface area contributed by atoms with Gasteiger partial charge in [-0.2, -0.15) is 0 Å². The van der Waals surface area contributed by atoms with E-state index in [0.29, 0.717) is 18.5 Å². The van der Waals surface area contributed by atoms with Crippen LogP contribution in [-0.4, -0.2) is 59.2 Å². The van der Waals surface area contributed by atoms with Crippen molar-refractivity contribution in [3.8, 4) is 16.9 Å². The summed E-state index contributed by atoms with van der Waals surface area (Å²) >= 11 is 6.38. The highest BCUT2D eigenvalue weighted by atomic mass is 35.5. The van der Waals surface area contributed by atoms with Gasteiger partial charge in [0.2, 0.25) is 0 Å². The second-order valence-electron chi connectivity index (χ2n) is 11.4. The van der Waals surface area contributed by atoms with E-state index in [-0.39, 0.29) is 18.0 Å². The Bertz CT molecular complexity index is 1600. The summed E-state index contributed by atoms with van der Waals surface area (Å²) in [6.45, 7) is 8.13. The highest BCUT2D eigenvalue weighted by Gasteiger charge is 2.31. The lowest BCUT2D eigenvalue weighted by Gasteiger charge is -2.35. The van der Waals surface area contributed by atoms with E-state index in [1.54, 1.807) is 6.07 Å². The van der Waals surface area contributed by atoms with E-state index in [0.717, 1.165) is 90.4 Å². The first-order valence-electron chi connectivity index (χ1n) is 15.0. The van der Waals surface area contributed by atoms with Crippen molar-refractivity contribution in [1.29, 1.82) is 0 Å². The van der Waals surface area contributed by atoms with Crippen LogP contribution in [0, 0.1) is 0 Å². The van der Waals surface area contributed by atoms with E-state index in [2.05, 4.69) is 49.6 Å². The van der Waals surface area contributed by atoms with Gasteiger partial charge >= 0.3 is 6.36 Å². The Hall–Kier alpha value is -3.37. The number of rotatable bonds is 12. The van der Waals surface area contributed by atoms with Crippen LogP contribution >= 0.6 is 11.6 Å². The number of hydrogen-bond donors (Lipinski definition) is 1. The van der Waals surface area contributed by atoms with Crippen LogP contribution in [0.25, 0.3) is 22.0 Å². The van der Waals surface area contributed by atoms with Crippen molar-refractivity contribution in [3.05, 3.63) is 88.6 Å². The first kappa shape index (κ1) is 32.0. The van der Waals surface area contributed by atoms with Gasteiger partial charge in [0.05, 0.1) is 0 Å². The van der Waals surface area contributed by atoms with Gasteiger partial charge in [-0.1, -0.05) is 41.9 Å².